The molecule has 0 rings (SSSR count). The van der Waals surface area contributed by atoms with Crippen molar-refractivity contribution in [3.05, 3.63) is 0 Å². The van der Waals surface area contributed by atoms with Crippen LogP contribution < -0.4 is 0 Å². The molecule has 8 heavy (non-hydrogen) atoms. The number of halogens is 1. The van der Waals surface area contributed by atoms with Gasteiger partial charge in [-0.25, -0.2) is 0 Å². The summed E-state index contributed by atoms with van der Waals surface area (Å²) in [5, 5.41) is 0. The number of hydrogen-bond acceptors (Lipinski definition) is 4. The van der Waals surface area contributed by atoms with Crippen molar-refractivity contribution in [3.8, 4) is 0 Å². The largest absolute Gasteiger partial charge is 0.370 e. The van der Waals surface area contributed by atoms with Crippen LogP contribution in [0.1, 0.15) is 0 Å². The summed E-state index contributed by atoms with van der Waals surface area (Å²) in [6.07, 6.45) is 0. The van der Waals surface area contributed by atoms with Gasteiger partial charge in [0.2, 0.25) is 0 Å². The van der Waals surface area contributed by atoms with Crippen molar-refractivity contribution >= 4 is 31.4 Å². The quantitative estimate of drug-likeness (QED) is 0.463. The first-order valence-corrected chi connectivity index (χ1v) is 4.44. The molecule has 0 amide bonds. The van der Waals surface area contributed by atoms with Crippen molar-refractivity contribution in [3.63, 3.8) is 0 Å². The van der Waals surface area contributed by atoms with Crippen molar-refractivity contribution in [2.75, 3.05) is 0 Å². The molecule has 0 aromatic heterocycles. The molecule has 0 fully saturated rings. The fourth-order valence-electron chi connectivity index (χ4n) is 0.0695. The lowest BCUT2D eigenvalue weighted by molar-refractivity contribution is 0.452. The highest BCUT2D eigenvalue weighted by Crippen LogP contribution is 1.98. The summed E-state index contributed by atoms with van der Waals surface area (Å²) >= 11 is -2.85. The molecule has 0 spiro atoms. The number of rotatable bonds is 2. The van der Waals surface area contributed by atoms with Crippen LogP contribution in [0.25, 0.3) is 0 Å². The van der Waals surface area contributed by atoms with E-state index in [-0.39, 0.29) is 0 Å². The van der Waals surface area contributed by atoms with Crippen LogP contribution in [0.15, 0.2) is 0 Å². The van der Waals surface area contributed by atoms with Gasteiger partial charge in [0.05, 0.1) is 10.7 Å². The van der Waals surface area contributed by atoms with E-state index in [4.69, 9.17) is 4.55 Å². The van der Waals surface area contributed by atoms with Gasteiger partial charge in [-0.2, -0.15) is 12.6 Å². The van der Waals surface area contributed by atoms with Crippen molar-refractivity contribution in [1.29, 1.82) is 0 Å². The third kappa shape index (κ3) is 6.31. The van der Waals surface area contributed by atoms with Crippen LogP contribution in [-0.4, -0.2) is 17.2 Å². The van der Waals surface area contributed by atoms with Crippen LogP contribution in [0.5, 0.6) is 0 Å². The molecule has 50 valence electrons. The van der Waals surface area contributed by atoms with Crippen molar-refractivity contribution in [1.82, 2.24) is 0 Å². The van der Waals surface area contributed by atoms with Crippen LogP contribution in [-0.2, 0) is 24.3 Å². The lowest BCUT2D eigenvalue weighted by Crippen LogP contribution is -1.98. The van der Waals surface area contributed by atoms with Crippen LogP contribution in [0.2, 0.25) is 0 Å². The Bertz CT molecular complexity index is 177. The Morgan fingerprint density at radius 2 is 2.00 bits per heavy atom. The average Bonchev–Trinajstić information content (AvgIpc) is 1.21. The van der Waals surface area contributed by atoms with E-state index in [2.05, 4.69) is 14.3 Å². The molecule has 1 unspecified atom stereocenters. The van der Waals surface area contributed by atoms with Crippen LogP contribution in [0.3, 0.4) is 0 Å². The monoisotopic (exact) mass is 180 g/mol. The van der Waals surface area contributed by atoms with Crippen molar-refractivity contribution < 1.29 is 20.8 Å². The molecular formula is HClO5S2. The highest BCUT2D eigenvalue weighted by molar-refractivity contribution is 8.13. The van der Waals surface area contributed by atoms with Gasteiger partial charge >= 0.3 is 20.7 Å². The first-order chi connectivity index (χ1) is 3.42. The Labute approximate surface area is 52.7 Å². The maximum absolute atomic E-state index is 9.63. The second-order valence-electron chi connectivity index (χ2n) is 0.678. The molecule has 0 aromatic carbocycles. The van der Waals surface area contributed by atoms with Crippen molar-refractivity contribution in [2.45, 2.75) is 0 Å². The van der Waals surface area contributed by atoms with E-state index in [0.29, 0.717) is 0 Å². The summed E-state index contributed by atoms with van der Waals surface area (Å²) in [7, 11) is 0.0238. The second kappa shape index (κ2) is 2.74. The molecule has 0 aliphatic carbocycles. The van der Waals surface area contributed by atoms with Crippen LogP contribution >= 0.6 is 10.7 Å². The zero-order valence-corrected chi connectivity index (χ0v) is 5.66. The Hall–Kier alpha value is 0.310. The van der Waals surface area contributed by atoms with E-state index in [1.165, 1.54) is 0 Å². The highest BCUT2D eigenvalue weighted by Gasteiger charge is 2.08. The van der Waals surface area contributed by atoms with Crippen LogP contribution in [0, 0.1) is 0 Å². The average molecular weight is 181 g/mol. The molecule has 0 heterocycles. The van der Waals surface area contributed by atoms with E-state index in [9.17, 15) is 12.6 Å². The first-order valence-electron chi connectivity index (χ1n) is 1.17. The van der Waals surface area contributed by atoms with Gasteiger partial charge in [0.15, 0.2) is 0 Å². The molecular weight excluding hydrogens is 180 g/mol. The fourth-order valence-corrected chi connectivity index (χ4v) is 1.02. The molecule has 0 bridgehead atoms. The molecule has 0 radical (unpaired) electrons. The Morgan fingerprint density at radius 3 is 2.00 bits per heavy atom. The van der Waals surface area contributed by atoms with Crippen LogP contribution in [0.4, 0.5) is 0 Å². The summed E-state index contributed by atoms with van der Waals surface area (Å²) in [5.41, 5.74) is 0. The van der Waals surface area contributed by atoms with E-state index >= 15 is 0 Å². The Kier molecular flexibility index (Phi) is 2.84. The van der Waals surface area contributed by atoms with Gasteiger partial charge in [0.25, 0.3) is 0 Å². The molecule has 5 nitrogen and oxygen atoms in total. The van der Waals surface area contributed by atoms with E-state index < -0.39 is 20.7 Å². The molecule has 0 aliphatic rings. The SMILES string of the molecule is O=S(O)OS(=O)(=O)Cl. The smallest absolute Gasteiger partial charge is 0.283 e. The summed E-state index contributed by atoms with van der Waals surface area (Å²) < 4.78 is 39.6. The van der Waals surface area contributed by atoms with E-state index in [0.717, 1.165) is 0 Å². The lowest BCUT2D eigenvalue weighted by Gasteiger charge is -1.85. The molecule has 0 aliphatic heterocycles. The Morgan fingerprint density at radius 1 is 1.62 bits per heavy atom. The summed E-state index contributed by atoms with van der Waals surface area (Å²) in [6, 6.07) is 0. The normalized spacial score (nSPS) is 15.8. The molecule has 0 aromatic rings. The fraction of sp³-hybridized carbons (Fsp3) is 0. The third-order valence-electron chi connectivity index (χ3n) is 0.139. The zero-order chi connectivity index (χ0) is 6.78. The summed E-state index contributed by atoms with van der Waals surface area (Å²) in [5.74, 6) is 0. The predicted molar refractivity (Wildman–Crippen MR) is 26.6 cm³/mol. The Balaban J connectivity index is 3.95. The lowest BCUT2D eigenvalue weighted by atomic mass is 15.8. The van der Waals surface area contributed by atoms with Gasteiger partial charge < -0.3 is 0 Å². The molecule has 1 N–H and O–H groups in total. The third-order valence-corrected chi connectivity index (χ3v) is 1.72. The van der Waals surface area contributed by atoms with Crippen molar-refractivity contribution in [2.24, 2.45) is 0 Å². The molecule has 0 saturated heterocycles. The molecule has 0 saturated carbocycles. The summed E-state index contributed by atoms with van der Waals surface area (Å²) in [6.45, 7) is 0. The zero-order valence-electron chi connectivity index (χ0n) is 3.27. The van der Waals surface area contributed by atoms with Gasteiger partial charge in [-0.3, -0.25) is 4.55 Å². The van der Waals surface area contributed by atoms with Gasteiger partial charge in [-0.05, 0) is 0 Å². The summed E-state index contributed by atoms with van der Waals surface area (Å²) in [4.78, 5) is 0. The standard InChI is InChI=1S/ClHO5S2/c1-8(4,5)6-7(2)3/h(H,2,3). The maximum atomic E-state index is 9.63. The topological polar surface area (TPSA) is 80.7 Å². The second-order valence-corrected chi connectivity index (χ2v) is 3.58. The first kappa shape index (κ1) is 8.31. The molecule has 1 atom stereocenters. The predicted octanol–water partition coefficient (Wildman–Crippen LogP) is -0.377. The molecule has 8 heteroatoms. The number of hydrogen-bond donors (Lipinski definition) is 1. The van der Waals surface area contributed by atoms with Gasteiger partial charge in [0.1, 0.15) is 0 Å². The minimum absolute atomic E-state index is 2.85. The minimum atomic E-state index is -4.30. The van der Waals surface area contributed by atoms with E-state index in [1.54, 1.807) is 0 Å². The van der Waals surface area contributed by atoms with Gasteiger partial charge in [-0.1, -0.05) is 0 Å². The van der Waals surface area contributed by atoms with Gasteiger partial charge in [0, 0.05) is 0 Å². The minimum Gasteiger partial charge on any atom is -0.283 e. The highest BCUT2D eigenvalue weighted by atomic mass is 35.7. The van der Waals surface area contributed by atoms with E-state index in [1.807, 2.05) is 0 Å². The maximum Gasteiger partial charge on any atom is 0.370 e. The van der Waals surface area contributed by atoms with Gasteiger partial charge in [-0.15, -0.1) is 3.63 Å².